The number of nitrogens with one attached hydrogen (secondary N) is 11. The predicted molar refractivity (Wildman–Crippen MR) is 553 cm³/mol. The Balaban J connectivity index is 0.778. The summed E-state index contributed by atoms with van der Waals surface area (Å²) in [6, 6.07) is 14.7. The van der Waals surface area contributed by atoms with Crippen molar-refractivity contribution in [3.05, 3.63) is 124 Å². The lowest BCUT2D eigenvalue weighted by atomic mass is 9.89. The molecule has 20 N–H and O–H groups in total. The van der Waals surface area contributed by atoms with E-state index >= 15 is 4.39 Å². The average molecular weight is 2060 g/mol. The number of imidazole rings is 1. The molecule has 8 rings (SSSR count). The number of aryl methyl sites for hydroxylation is 1. The normalized spacial score (nSPS) is 15.6. The molecule has 2 aliphatic heterocycles. The fourth-order valence-corrected chi connectivity index (χ4v) is 18.0. The maximum Gasteiger partial charge on any atom is 0.410 e. The first-order valence-electron chi connectivity index (χ1n) is 50.4. The molecule has 2 aliphatic rings. The molecule has 14 amide bonds. The zero-order chi connectivity index (χ0) is 107. The number of pyridine rings is 1. The molecule has 2 fully saturated rings. The summed E-state index contributed by atoms with van der Waals surface area (Å²) in [5.41, 5.74) is 28.8. The van der Waals surface area contributed by atoms with Crippen LogP contribution in [0.4, 0.5) is 31.2 Å². The number of ether oxygens (including phenoxy) is 6. The van der Waals surface area contributed by atoms with E-state index in [1.807, 2.05) is 51.1 Å². The largest absolute Gasteiger partial charge is 0.445 e. The van der Waals surface area contributed by atoms with Gasteiger partial charge >= 0.3 is 12.1 Å². The number of piperidine rings is 1. The number of anilines is 3. The highest BCUT2D eigenvalue weighted by Crippen LogP contribution is 2.45. The van der Waals surface area contributed by atoms with Crippen molar-refractivity contribution >= 4 is 117 Å². The molecule has 0 spiro atoms. The van der Waals surface area contributed by atoms with Gasteiger partial charge in [-0.3, -0.25) is 57.6 Å². The molecule has 43 heteroatoms. The maximum absolute atomic E-state index is 15.0. The van der Waals surface area contributed by atoms with Gasteiger partial charge in [0.1, 0.15) is 54.3 Å². The highest BCUT2D eigenvalue weighted by Gasteiger charge is 2.43. The van der Waals surface area contributed by atoms with Gasteiger partial charge in [0.25, 0.3) is 5.91 Å². The lowest BCUT2D eigenvalue weighted by Crippen LogP contribution is -2.60. The second kappa shape index (κ2) is 60.1. The molecule has 4 aromatic carbocycles. The van der Waals surface area contributed by atoms with E-state index in [-0.39, 0.29) is 182 Å². The number of urea groups is 1. The number of aliphatic hydroxyl groups is 1. The van der Waals surface area contributed by atoms with E-state index in [1.165, 1.54) is 49.4 Å². The number of carbonyl (C=O) groups excluding carboxylic acids is 13. The number of aromatic nitrogens is 3. The van der Waals surface area contributed by atoms with E-state index in [0.717, 1.165) is 46.5 Å². The standard InChI is InChI=1S/C103H153ClFN21O20/c1-15-64(9)90(81(141-14)57-85(130)126-40-20-23-74(126)53-65(10)95(132)115-66(11)92(131)67-21-17-16-18-22-67)123(12)101(138)88(61(4)5)122-100(137)89(62(6)7)124(13)103(140)146-59-68-25-27-73(56-75(68)96(133)112-37-35-106)116-97(134)78(24-19-36-113-102(109)139)120-99(136)87(60(2)3)121-98(135)79(29-30-82(108)127)117-84(129)34-44-143-46-48-145-50-49-144-47-45-142-43-33-83(128)110-38-39-111-93-86(94-118-77-28-26-70(104)55-80(77)119-94)91(125-41-31-72(107)32-42-125)76(58-114-93)69-51-63(8)52-71(105)54-69/h16-18,21-22,25-28,51-52,54-56,58,60-62,64-66,72,74,78-79,81,87-90,92,131H,15,19-20,23-24,29-50,53,57,59,106-107H2,1-14H3,(H2,108,127)(H,110,128)(H,111,114)(H,112,133)(H,115,132)(H,116,134)(H,117,129)(H,118,119)(H,120,136)(H,121,135)(H,122,137)(H3,109,113,139)/t64-,65+,66+,74-,78-,79-,81+,87-,88-,89-,90-,92+/m0/s1. The Kier molecular flexibility index (Phi) is 49.0. The molecular weight excluding hydrogens is 1910 g/mol. The first kappa shape index (κ1) is 119. The van der Waals surface area contributed by atoms with Crippen molar-refractivity contribution < 1.29 is 100 Å². The van der Waals surface area contributed by atoms with Gasteiger partial charge in [0.05, 0.1) is 106 Å². The molecule has 41 nitrogen and oxygen atoms in total. The summed E-state index contributed by atoms with van der Waals surface area (Å²) >= 11 is 6.39. The molecule has 0 aliphatic carbocycles. The predicted octanol–water partition coefficient (Wildman–Crippen LogP) is 7.11. The number of rotatable bonds is 61. The Morgan fingerprint density at radius 3 is 1.93 bits per heavy atom. The number of carbonyl (C=O) groups is 13. The molecule has 0 radical (unpaired) electrons. The molecular formula is C103H153ClFN21O20. The van der Waals surface area contributed by atoms with Crippen LogP contribution in [0.2, 0.25) is 5.02 Å². The van der Waals surface area contributed by atoms with E-state index in [9.17, 15) is 67.4 Å². The van der Waals surface area contributed by atoms with Crippen LogP contribution in [0.25, 0.3) is 33.5 Å². The molecule has 2 aromatic heterocycles. The number of benzene rings is 4. The summed E-state index contributed by atoms with van der Waals surface area (Å²) < 4.78 is 49.5. The van der Waals surface area contributed by atoms with Crippen LogP contribution >= 0.6 is 11.6 Å². The highest BCUT2D eigenvalue weighted by atomic mass is 35.5. The number of hydrogen-bond donors (Lipinski definition) is 16. The van der Waals surface area contributed by atoms with Gasteiger partial charge in [0.2, 0.25) is 59.1 Å². The summed E-state index contributed by atoms with van der Waals surface area (Å²) in [5, 5.41) is 39.5. The number of nitrogens with two attached hydrogens (primary N) is 4. The summed E-state index contributed by atoms with van der Waals surface area (Å²) in [4.78, 5) is 199. The highest BCUT2D eigenvalue weighted by molar-refractivity contribution is 6.31. The number of aliphatic hydroxyl groups excluding tert-OH is 1. The molecule has 804 valence electrons. The number of primary amides is 2. The Bertz CT molecular complexity index is 5290. The van der Waals surface area contributed by atoms with Crippen LogP contribution in [0.15, 0.2) is 91.1 Å². The monoisotopic (exact) mass is 2060 g/mol. The number of H-pyrrole nitrogens is 1. The smallest absolute Gasteiger partial charge is 0.410 e. The Morgan fingerprint density at radius 1 is 0.658 bits per heavy atom. The third-order valence-corrected chi connectivity index (χ3v) is 26.2. The van der Waals surface area contributed by atoms with Crippen LogP contribution in [0.1, 0.15) is 186 Å². The first-order chi connectivity index (χ1) is 69.6. The molecule has 146 heavy (non-hydrogen) atoms. The SMILES string of the molecule is CC[C@H](C)[C@@H]([C@@H](CC(=O)N1CCC[C@H]1C[C@@H](C)C(=O)N[C@H](C)[C@@H](O)c1ccccc1)OC)N(C)C(=O)[C@@H](NC(=O)[C@H](C(C)C)N(C)C(=O)OCc1ccc(NC(=O)[C@H](CCCNC(N)=O)NC(=O)[C@@H](NC(=O)[C@H](CCC(N)=O)NC(=O)CCOCCOCCOCCOCCC(=O)NCCNc2ncc(-c3cc(C)cc(F)c3)c(N3CCC(N)CC3)c2-c2nc3ccc(Cl)cc3[nH]2)C(C)C)cc1C(=O)NCCN)C(C)C. The van der Waals surface area contributed by atoms with Crippen LogP contribution < -0.4 is 81.0 Å². The maximum atomic E-state index is 15.0. The summed E-state index contributed by atoms with van der Waals surface area (Å²) in [6.45, 7) is 22.4. The topological polar surface area (TPSA) is 576 Å². The quantitative estimate of drug-likeness (QED) is 0.0169. The third-order valence-electron chi connectivity index (χ3n) is 26.0. The van der Waals surface area contributed by atoms with Crippen molar-refractivity contribution in [1.29, 1.82) is 0 Å². The van der Waals surface area contributed by atoms with E-state index in [1.54, 1.807) is 97.8 Å². The minimum atomic E-state index is -1.39. The molecule has 0 unspecified atom stereocenters. The summed E-state index contributed by atoms with van der Waals surface area (Å²) in [7, 11) is 4.45. The molecule has 12 atom stereocenters. The lowest BCUT2D eigenvalue weighted by Gasteiger charge is -2.40. The first-order valence-corrected chi connectivity index (χ1v) is 50.8. The van der Waals surface area contributed by atoms with E-state index in [4.69, 9.17) is 72.9 Å². The Morgan fingerprint density at radius 2 is 1.31 bits per heavy atom. The second-order valence-electron chi connectivity index (χ2n) is 38.4. The fourth-order valence-electron chi connectivity index (χ4n) is 17.8. The number of halogens is 2. The van der Waals surface area contributed by atoms with Crippen molar-refractivity contribution in [3.63, 3.8) is 0 Å². The lowest BCUT2D eigenvalue weighted by molar-refractivity contribution is -0.146. The van der Waals surface area contributed by atoms with E-state index < -0.39 is 144 Å². The van der Waals surface area contributed by atoms with Gasteiger partial charge in [-0.25, -0.2) is 23.9 Å². The number of likely N-dealkylation sites (tertiary alicyclic amines) is 1. The van der Waals surface area contributed by atoms with Crippen molar-refractivity contribution in [1.82, 2.24) is 72.2 Å². The number of fused-ring (bicyclic) bond motifs is 1. The van der Waals surface area contributed by atoms with Gasteiger partial charge in [0.15, 0.2) is 0 Å². The van der Waals surface area contributed by atoms with Crippen LogP contribution in [-0.2, 0) is 83.0 Å². The summed E-state index contributed by atoms with van der Waals surface area (Å²) in [6.07, 6.45) is 2.07. The second-order valence-corrected chi connectivity index (χ2v) is 38.8. The molecule has 0 saturated carbocycles. The van der Waals surface area contributed by atoms with Gasteiger partial charge in [-0.15, -0.1) is 0 Å². The zero-order valence-electron chi connectivity index (χ0n) is 86.6. The van der Waals surface area contributed by atoms with Gasteiger partial charge in [-0.1, -0.05) is 123 Å². The number of amides is 14. The molecule has 4 heterocycles. The Hall–Kier alpha value is -12.3. The van der Waals surface area contributed by atoms with Gasteiger partial charge in [-0.05, 0) is 148 Å². The minimum Gasteiger partial charge on any atom is -0.445 e. The molecule has 6 aromatic rings. The zero-order valence-corrected chi connectivity index (χ0v) is 87.3. The van der Waals surface area contributed by atoms with Crippen LogP contribution in [-0.4, -0.2) is 299 Å². The van der Waals surface area contributed by atoms with Crippen LogP contribution in [0.3, 0.4) is 0 Å². The number of hydrogen-bond acceptors (Lipinski definition) is 26. The van der Waals surface area contributed by atoms with Gasteiger partial charge in [0, 0.05) is 144 Å². The number of nitrogens with zero attached hydrogens (tertiary/aromatic N) is 6. The van der Waals surface area contributed by atoms with E-state index in [2.05, 4.69) is 63.1 Å². The molecule has 2 saturated heterocycles. The van der Waals surface area contributed by atoms with Gasteiger partial charge < -0.3 is 129 Å². The third kappa shape index (κ3) is 36.7. The van der Waals surface area contributed by atoms with Crippen molar-refractivity contribution in [2.24, 2.45) is 52.5 Å². The molecule has 0 bridgehead atoms. The van der Waals surface area contributed by atoms with Crippen LogP contribution in [0.5, 0.6) is 0 Å². The van der Waals surface area contributed by atoms with Crippen molar-refractivity contribution in [2.75, 3.05) is 142 Å². The number of methoxy groups -OCH3 is 1. The van der Waals surface area contributed by atoms with Crippen molar-refractivity contribution in [3.8, 4) is 22.5 Å². The Labute approximate surface area is 859 Å². The van der Waals surface area contributed by atoms with E-state index in [0.29, 0.717) is 84.3 Å². The number of aromatic amines is 1. The van der Waals surface area contributed by atoms with Crippen LogP contribution in [0, 0.1) is 42.3 Å². The fraction of sp³-hybridized carbons (Fsp3) is 0.583. The van der Waals surface area contributed by atoms with Gasteiger partial charge in [-0.2, -0.15) is 0 Å². The average Bonchev–Trinajstić information content (AvgIpc) is 1.50. The number of likely N-dealkylation sites (N-methyl/N-ethyl adjacent to an activating group) is 2. The van der Waals surface area contributed by atoms with Crippen molar-refractivity contribution in [2.45, 2.75) is 233 Å². The minimum absolute atomic E-state index is 0.00363. The summed E-state index contributed by atoms with van der Waals surface area (Å²) in [5.74, 6) is -8.19.